The van der Waals surface area contributed by atoms with Gasteiger partial charge in [0.15, 0.2) is 0 Å². The van der Waals surface area contributed by atoms with Crippen molar-refractivity contribution in [3.63, 3.8) is 0 Å². The van der Waals surface area contributed by atoms with E-state index in [4.69, 9.17) is 0 Å². The van der Waals surface area contributed by atoms with Crippen molar-refractivity contribution in [3.8, 4) is 0 Å². The van der Waals surface area contributed by atoms with E-state index >= 15 is 0 Å². The lowest BCUT2D eigenvalue weighted by Gasteiger charge is -2.55. The van der Waals surface area contributed by atoms with E-state index in [0.29, 0.717) is 13.0 Å². The molecule has 0 aromatic carbocycles. The van der Waals surface area contributed by atoms with Crippen molar-refractivity contribution in [1.29, 1.82) is 0 Å². The molecule has 0 aliphatic heterocycles. The van der Waals surface area contributed by atoms with Gasteiger partial charge >= 0.3 is 0 Å². The molecule has 0 saturated heterocycles. The molecule has 0 aromatic rings. The molecule has 1 amide bonds. The average molecular weight is 279 g/mol. The first-order chi connectivity index (χ1) is 9.48. The quantitative estimate of drug-likeness (QED) is 0.813. The van der Waals surface area contributed by atoms with Gasteiger partial charge in [0, 0.05) is 12.0 Å². The summed E-state index contributed by atoms with van der Waals surface area (Å²) in [4.78, 5) is 12.7. The van der Waals surface area contributed by atoms with Crippen molar-refractivity contribution in [2.24, 2.45) is 29.1 Å². The fourth-order valence-corrected chi connectivity index (χ4v) is 5.24. The Morgan fingerprint density at radius 2 is 1.65 bits per heavy atom. The highest BCUT2D eigenvalue weighted by molar-refractivity contribution is 5.83. The molecule has 4 rings (SSSR count). The molecule has 1 unspecified atom stereocenters. The number of nitrogens with one attached hydrogen (secondary N) is 1. The summed E-state index contributed by atoms with van der Waals surface area (Å²) >= 11 is 0. The van der Waals surface area contributed by atoms with Crippen LogP contribution in [0.5, 0.6) is 0 Å². The van der Waals surface area contributed by atoms with Gasteiger partial charge in [-0.2, -0.15) is 0 Å². The maximum atomic E-state index is 12.7. The Balaban J connectivity index is 1.55. The monoisotopic (exact) mass is 279 g/mol. The van der Waals surface area contributed by atoms with Crippen molar-refractivity contribution in [3.05, 3.63) is 0 Å². The number of aliphatic hydroxyl groups is 1. The molecule has 4 fully saturated rings. The van der Waals surface area contributed by atoms with Gasteiger partial charge in [0.1, 0.15) is 0 Å². The molecule has 4 aliphatic rings. The van der Waals surface area contributed by atoms with Crippen LogP contribution in [-0.4, -0.2) is 23.7 Å². The van der Waals surface area contributed by atoms with Crippen molar-refractivity contribution >= 4 is 5.91 Å². The van der Waals surface area contributed by atoms with Crippen LogP contribution >= 0.6 is 0 Å². The summed E-state index contributed by atoms with van der Waals surface area (Å²) in [6, 6.07) is 0. The number of rotatable bonds is 5. The molecule has 4 saturated carbocycles. The smallest absolute Gasteiger partial charge is 0.226 e. The molecule has 0 aromatic heterocycles. The molecule has 3 nitrogen and oxygen atoms in total. The molecule has 20 heavy (non-hydrogen) atoms. The predicted molar refractivity (Wildman–Crippen MR) is 79.1 cm³/mol. The van der Waals surface area contributed by atoms with Crippen LogP contribution in [0.15, 0.2) is 0 Å². The maximum absolute atomic E-state index is 12.7. The Kier molecular flexibility index (Phi) is 3.83. The molecular formula is C17H29NO2. The summed E-state index contributed by atoms with van der Waals surface area (Å²) < 4.78 is 0. The van der Waals surface area contributed by atoms with E-state index in [2.05, 4.69) is 5.32 Å². The molecule has 2 N–H and O–H groups in total. The number of carbonyl (C=O) groups is 1. The Labute approximate surface area is 122 Å². The summed E-state index contributed by atoms with van der Waals surface area (Å²) in [5.41, 5.74) is -0.0441. The normalized spacial score (nSPS) is 40.1. The summed E-state index contributed by atoms with van der Waals surface area (Å²) in [5, 5.41) is 12.9. The minimum Gasteiger partial charge on any atom is -0.393 e. The Hall–Kier alpha value is -0.570. The second-order valence-electron chi connectivity index (χ2n) is 8.05. The van der Waals surface area contributed by atoms with Crippen LogP contribution in [0.4, 0.5) is 0 Å². The fourth-order valence-electron chi connectivity index (χ4n) is 5.24. The van der Waals surface area contributed by atoms with E-state index in [1.165, 1.54) is 19.3 Å². The third-order valence-electron chi connectivity index (χ3n) is 6.02. The van der Waals surface area contributed by atoms with Crippen molar-refractivity contribution < 1.29 is 9.90 Å². The second-order valence-corrected chi connectivity index (χ2v) is 8.05. The lowest BCUT2D eigenvalue weighted by atomic mass is 9.49. The van der Waals surface area contributed by atoms with E-state index in [1.807, 2.05) is 13.8 Å². The molecule has 0 spiro atoms. The zero-order valence-electron chi connectivity index (χ0n) is 12.9. The van der Waals surface area contributed by atoms with Crippen LogP contribution in [-0.2, 0) is 4.79 Å². The number of hydrogen-bond acceptors (Lipinski definition) is 2. The highest BCUT2D eigenvalue weighted by Gasteiger charge is 2.54. The summed E-state index contributed by atoms with van der Waals surface area (Å²) in [7, 11) is 0. The fraction of sp³-hybridized carbons (Fsp3) is 0.941. The predicted octanol–water partition coefficient (Wildman–Crippen LogP) is 2.73. The van der Waals surface area contributed by atoms with Crippen LogP contribution in [0, 0.1) is 29.1 Å². The van der Waals surface area contributed by atoms with Crippen LogP contribution in [0.2, 0.25) is 0 Å². The van der Waals surface area contributed by atoms with Crippen molar-refractivity contribution in [2.45, 2.75) is 64.9 Å². The SMILES string of the molecule is CC(C)C(O)CCNC(=O)C12CC3CC(CC(C3)C1)C2. The topological polar surface area (TPSA) is 49.3 Å². The lowest BCUT2D eigenvalue weighted by molar-refractivity contribution is -0.146. The van der Waals surface area contributed by atoms with Crippen molar-refractivity contribution in [2.75, 3.05) is 6.54 Å². The van der Waals surface area contributed by atoms with Crippen LogP contribution < -0.4 is 5.32 Å². The van der Waals surface area contributed by atoms with Gasteiger partial charge in [0.05, 0.1) is 6.10 Å². The average Bonchev–Trinajstić information content (AvgIpc) is 2.36. The molecule has 1 atom stereocenters. The molecule has 4 aliphatic carbocycles. The second kappa shape index (κ2) is 5.32. The van der Waals surface area contributed by atoms with Gasteiger partial charge in [-0.05, 0) is 68.6 Å². The first kappa shape index (κ1) is 14.4. The summed E-state index contributed by atoms with van der Waals surface area (Å²) in [6.45, 7) is 4.66. The van der Waals surface area contributed by atoms with Gasteiger partial charge in [-0.25, -0.2) is 0 Å². The third-order valence-corrected chi connectivity index (χ3v) is 6.02. The zero-order chi connectivity index (χ0) is 14.3. The summed E-state index contributed by atoms with van der Waals surface area (Å²) in [6.07, 6.45) is 7.87. The molecular weight excluding hydrogens is 250 g/mol. The van der Waals surface area contributed by atoms with E-state index in [9.17, 15) is 9.90 Å². The molecule has 0 radical (unpaired) electrons. The van der Waals surface area contributed by atoms with Gasteiger partial charge in [0.2, 0.25) is 5.91 Å². The molecule has 3 heteroatoms. The van der Waals surface area contributed by atoms with Gasteiger partial charge in [-0.15, -0.1) is 0 Å². The molecule has 4 bridgehead atoms. The van der Waals surface area contributed by atoms with Gasteiger partial charge in [0.25, 0.3) is 0 Å². The highest BCUT2D eigenvalue weighted by atomic mass is 16.3. The maximum Gasteiger partial charge on any atom is 0.226 e. The Morgan fingerprint density at radius 3 is 2.10 bits per heavy atom. The van der Waals surface area contributed by atoms with E-state index in [-0.39, 0.29) is 23.3 Å². The molecule has 114 valence electrons. The number of amides is 1. The summed E-state index contributed by atoms with van der Waals surface area (Å²) in [5.74, 6) is 2.99. The van der Waals surface area contributed by atoms with Gasteiger partial charge < -0.3 is 10.4 Å². The minimum absolute atomic E-state index is 0.0441. The van der Waals surface area contributed by atoms with Crippen LogP contribution in [0.3, 0.4) is 0 Å². The van der Waals surface area contributed by atoms with E-state index in [1.54, 1.807) is 0 Å². The Morgan fingerprint density at radius 1 is 1.15 bits per heavy atom. The first-order valence-electron chi connectivity index (χ1n) is 8.45. The lowest BCUT2D eigenvalue weighted by Crippen LogP contribution is -2.53. The largest absolute Gasteiger partial charge is 0.393 e. The first-order valence-corrected chi connectivity index (χ1v) is 8.45. The number of carbonyl (C=O) groups excluding carboxylic acids is 1. The van der Waals surface area contributed by atoms with Crippen LogP contribution in [0.25, 0.3) is 0 Å². The van der Waals surface area contributed by atoms with E-state index in [0.717, 1.165) is 37.0 Å². The Bertz CT molecular complexity index is 342. The van der Waals surface area contributed by atoms with Gasteiger partial charge in [-0.1, -0.05) is 13.8 Å². The molecule has 0 heterocycles. The standard InChI is InChI=1S/C17H29NO2/c1-11(2)15(19)3-4-18-16(20)17-8-12-5-13(9-17)7-14(6-12)10-17/h11-15,19H,3-10H2,1-2H3,(H,18,20). The van der Waals surface area contributed by atoms with Crippen LogP contribution in [0.1, 0.15) is 58.8 Å². The van der Waals surface area contributed by atoms with E-state index < -0.39 is 0 Å². The highest BCUT2D eigenvalue weighted by Crippen LogP contribution is 2.60. The zero-order valence-corrected chi connectivity index (χ0v) is 12.9. The number of hydrogen-bond donors (Lipinski definition) is 2. The third kappa shape index (κ3) is 2.61. The van der Waals surface area contributed by atoms with Gasteiger partial charge in [-0.3, -0.25) is 4.79 Å². The minimum atomic E-state index is -0.299. The number of aliphatic hydroxyl groups excluding tert-OH is 1. The van der Waals surface area contributed by atoms with Crippen molar-refractivity contribution in [1.82, 2.24) is 5.32 Å².